The highest BCUT2D eigenvalue weighted by Crippen LogP contribution is 2.30. The molecular formula is C19H25N3O5S. The minimum atomic E-state index is -3.76. The van der Waals surface area contributed by atoms with E-state index in [9.17, 15) is 13.2 Å². The van der Waals surface area contributed by atoms with Gasteiger partial charge in [-0.1, -0.05) is 0 Å². The first kappa shape index (κ1) is 21.7. The zero-order valence-corrected chi connectivity index (χ0v) is 17.2. The highest BCUT2D eigenvalue weighted by molar-refractivity contribution is 7.89. The average Bonchev–Trinajstić information content (AvgIpc) is 2.62. The van der Waals surface area contributed by atoms with Crippen LogP contribution in [0.25, 0.3) is 0 Å². The van der Waals surface area contributed by atoms with Gasteiger partial charge in [-0.05, 0) is 61.5 Å². The van der Waals surface area contributed by atoms with Crippen LogP contribution in [0.5, 0.6) is 11.5 Å². The Morgan fingerprint density at radius 1 is 1.11 bits per heavy atom. The molecule has 0 aliphatic rings. The predicted octanol–water partition coefficient (Wildman–Crippen LogP) is 1.73. The smallest absolute Gasteiger partial charge is 0.238 e. The minimum Gasteiger partial charge on any atom is -0.493 e. The number of nitrogens with one attached hydrogen (secondary N) is 1. The number of rotatable bonds is 8. The number of carbonyl (C=O) groups excluding carboxylic acids is 1. The third kappa shape index (κ3) is 5.69. The monoisotopic (exact) mass is 407 g/mol. The molecule has 0 radical (unpaired) electrons. The Morgan fingerprint density at radius 2 is 1.68 bits per heavy atom. The molecule has 152 valence electrons. The van der Waals surface area contributed by atoms with Crippen LogP contribution in [0.15, 0.2) is 41.3 Å². The van der Waals surface area contributed by atoms with E-state index >= 15 is 0 Å². The summed E-state index contributed by atoms with van der Waals surface area (Å²) in [4.78, 5) is 14.1. The molecule has 28 heavy (non-hydrogen) atoms. The van der Waals surface area contributed by atoms with Gasteiger partial charge in [0.25, 0.3) is 0 Å². The van der Waals surface area contributed by atoms with Crippen LogP contribution in [-0.4, -0.2) is 47.0 Å². The minimum absolute atomic E-state index is 0.00783. The number of amides is 1. The Bertz CT molecular complexity index is 943. The molecule has 0 fully saturated rings. The Hall–Kier alpha value is -2.62. The van der Waals surface area contributed by atoms with Crippen molar-refractivity contribution in [3.63, 3.8) is 0 Å². The summed E-state index contributed by atoms with van der Waals surface area (Å²) in [7, 11) is 1.24. The van der Waals surface area contributed by atoms with E-state index < -0.39 is 10.0 Å². The number of nitrogens with zero attached hydrogens (tertiary/aromatic N) is 1. The third-order valence-electron chi connectivity index (χ3n) is 4.16. The number of carbonyl (C=O) groups is 1. The van der Waals surface area contributed by atoms with E-state index in [1.165, 1.54) is 24.3 Å². The molecule has 0 heterocycles. The van der Waals surface area contributed by atoms with Gasteiger partial charge in [0.15, 0.2) is 11.5 Å². The molecule has 0 bridgehead atoms. The lowest BCUT2D eigenvalue weighted by Gasteiger charge is -2.19. The van der Waals surface area contributed by atoms with E-state index in [2.05, 4.69) is 5.32 Å². The first-order chi connectivity index (χ1) is 13.1. The summed E-state index contributed by atoms with van der Waals surface area (Å²) in [5, 5.41) is 7.79. The van der Waals surface area contributed by atoms with Crippen molar-refractivity contribution in [3.8, 4) is 11.5 Å². The molecule has 0 atom stereocenters. The average molecular weight is 407 g/mol. The van der Waals surface area contributed by atoms with Crippen LogP contribution in [0, 0.1) is 6.92 Å². The number of methoxy groups -OCH3 is 2. The van der Waals surface area contributed by atoms with Gasteiger partial charge in [0.1, 0.15) is 0 Å². The molecule has 0 saturated heterocycles. The topological polar surface area (TPSA) is 111 Å². The molecule has 0 aliphatic heterocycles. The molecule has 9 heteroatoms. The molecule has 1 amide bonds. The fourth-order valence-electron chi connectivity index (χ4n) is 2.71. The normalized spacial score (nSPS) is 11.4. The van der Waals surface area contributed by atoms with Gasteiger partial charge in [-0.2, -0.15) is 0 Å². The van der Waals surface area contributed by atoms with Gasteiger partial charge in [0.05, 0.1) is 25.7 Å². The van der Waals surface area contributed by atoms with Crippen molar-refractivity contribution in [1.29, 1.82) is 0 Å². The first-order valence-corrected chi connectivity index (χ1v) is 10.0. The largest absolute Gasteiger partial charge is 0.493 e. The van der Waals surface area contributed by atoms with Gasteiger partial charge in [0, 0.05) is 12.2 Å². The van der Waals surface area contributed by atoms with Gasteiger partial charge in [-0.15, -0.1) is 0 Å². The van der Waals surface area contributed by atoms with Crippen molar-refractivity contribution in [2.45, 2.75) is 18.4 Å². The zero-order chi connectivity index (χ0) is 20.9. The summed E-state index contributed by atoms with van der Waals surface area (Å²) in [6.07, 6.45) is 0. The summed E-state index contributed by atoms with van der Waals surface area (Å²) >= 11 is 0. The SMILES string of the molecule is COc1cc(C)c(CN(C)CC(=O)Nc2ccc(S(N)(=O)=O)cc2)cc1OC. The number of ether oxygens (including phenoxy) is 2. The fourth-order valence-corrected chi connectivity index (χ4v) is 3.23. The van der Waals surface area contributed by atoms with E-state index in [1.54, 1.807) is 14.2 Å². The molecular weight excluding hydrogens is 382 g/mol. The second-order valence-electron chi connectivity index (χ2n) is 6.42. The van der Waals surface area contributed by atoms with E-state index in [1.807, 2.05) is 31.0 Å². The second-order valence-corrected chi connectivity index (χ2v) is 7.98. The number of benzene rings is 2. The molecule has 0 aliphatic carbocycles. The standard InChI is InChI=1S/C19H25N3O5S/c1-13-9-17(26-3)18(27-4)10-14(13)11-22(2)12-19(23)21-15-5-7-16(8-6-15)28(20,24)25/h5-10H,11-12H2,1-4H3,(H,21,23)(H2,20,24,25). The quantitative estimate of drug-likeness (QED) is 0.689. The second kappa shape index (κ2) is 9.05. The summed E-state index contributed by atoms with van der Waals surface area (Å²) in [6, 6.07) is 9.49. The number of primary sulfonamides is 1. The van der Waals surface area contributed by atoms with Crippen LogP contribution in [0.4, 0.5) is 5.69 Å². The summed E-state index contributed by atoms with van der Waals surface area (Å²) in [6.45, 7) is 2.67. The van der Waals surface area contributed by atoms with E-state index in [4.69, 9.17) is 14.6 Å². The van der Waals surface area contributed by atoms with Crippen LogP contribution in [-0.2, 0) is 21.4 Å². The van der Waals surface area contributed by atoms with Gasteiger partial charge in [0.2, 0.25) is 15.9 Å². The Labute approximate surface area is 165 Å². The van der Waals surface area contributed by atoms with E-state index in [-0.39, 0.29) is 17.3 Å². The van der Waals surface area contributed by atoms with Gasteiger partial charge < -0.3 is 14.8 Å². The lowest BCUT2D eigenvalue weighted by atomic mass is 10.1. The number of likely N-dealkylation sites (N-methyl/N-ethyl adjacent to an activating group) is 1. The lowest BCUT2D eigenvalue weighted by molar-refractivity contribution is -0.117. The van der Waals surface area contributed by atoms with E-state index in [0.29, 0.717) is 23.7 Å². The summed E-state index contributed by atoms with van der Waals surface area (Å²) in [5.41, 5.74) is 2.54. The number of hydrogen-bond donors (Lipinski definition) is 2. The molecule has 2 aromatic rings. The zero-order valence-electron chi connectivity index (χ0n) is 16.4. The van der Waals surface area contributed by atoms with Crippen molar-refractivity contribution in [2.24, 2.45) is 5.14 Å². The Balaban J connectivity index is 1.99. The lowest BCUT2D eigenvalue weighted by Crippen LogP contribution is -2.30. The molecule has 0 unspecified atom stereocenters. The maximum Gasteiger partial charge on any atom is 0.238 e. The van der Waals surface area contributed by atoms with Crippen molar-refractivity contribution in [2.75, 3.05) is 33.1 Å². The van der Waals surface area contributed by atoms with Gasteiger partial charge in [-0.3, -0.25) is 9.69 Å². The van der Waals surface area contributed by atoms with Crippen LogP contribution >= 0.6 is 0 Å². The van der Waals surface area contributed by atoms with E-state index in [0.717, 1.165) is 11.1 Å². The number of sulfonamides is 1. The number of nitrogens with two attached hydrogens (primary N) is 1. The molecule has 2 aromatic carbocycles. The number of hydrogen-bond acceptors (Lipinski definition) is 6. The van der Waals surface area contributed by atoms with Crippen molar-refractivity contribution >= 4 is 21.6 Å². The molecule has 0 saturated carbocycles. The fraction of sp³-hybridized carbons (Fsp3) is 0.316. The van der Waals surface area contributed by atoms with Crippen LogP contribution in [0.1, 0.15) is 11.1 Å². The Kier molecular flexibility index (Phi) is 7.00. The molecule has 0 aromatic heterocycles. The Morgan fingerprint density at radius 3 is 2.21 bits per heavy atom. The number of anilines is 1. The highest BCUT2D eigenvalue weighted by atomic mass is 32.2. The molecule has 2 rings (SSSR count). The van der Waals surface area contributed by atoms with Crippen LogP contribution < -0.4 is 19.9 Å². The third-order valence-corrected chi connectivity index (χ3v) is 5.09. The summed E-state index contributed by atoms with van der Waals surface area (Å²) in [5.74, 6) is 1.08. The van der Waals surface area contributed by atoms with Crippen molar-refractivity contribution in [1.82, 2.24) is 4.90 Å². The maximum atomic E-state index is 12.3. The maximum absolute atomic E-state index is 12.3. The highest BCUT2D eigenvalue weighted by Gasteiger charge is 2.13. The summed E-state index contributed by atoms with van der Waals surface area (Å²) < 4.78 is 33.2. The van der Waals surface area contributed by atoms with Gasteiger partial charge in [-0.25, -0.2) is 13.6 Å². The van der Waals surface area contributed by atoms with Crippen molar-refractivity contribution < 1.29 is 22.7 Å². The molecule has 8 nitrogen and oxygen atoms in total. The number of aryl methyl sites for hydroxylation is 1. The van der Waals surface area contributed by atoms with Crippen molar-refractivity contribution in [3.05, 3.63) is 47.5 Å². The first-order valence-electron chi connectivity index (χ1n) is 8.46. The van der Waals surface area contributed by atoms with Crippen LogP contribution in [0.3, 0.4) is 0 Å². The van der Waals surface area contributed by atoms with Crippen LogP contribution in [0.2, 0.25) is 0 Å². The molecule has 3 N–H and O–H groups in total. The predicted molar refractivity (Wildman–Crippen MR) is 107 cm³/mol. The molecule has 0 spiro atoms. The van der Waals surface area contributed by atoms with Gasteiger partial charge >= 0.3 is 0 Å².